The standard InChI is InChI=1S/C21H27NO6S/c1-5-14-6-7-15-12(2)21(24-13(3)23,17-22-10-11-29-17)26-18-20(15)16(14)8-9-19(4,25-18)27-28-20/h5,10-12,14-16,18H,1,6-9H2,2-4H3/t12?,14-,15+,16+,18+,19-,20+,21?/m1/s1. The molecule has 8 atom stereocenters. The molecule has 0 N–H and O–H groups in total. The van der Waals surface area contributed by atoms with Gasteiger partial charge in [0.05, 0.1) is 0 Å². The monoisotopic (exact) mass is 421 g/mol. The minimum atomic E-state index is -1.31. The van der Waals surface area contributed by atoms with Crippen LogP contribution in [0.3, 0.4) is 0 Å². The van der Waals surface area contributed by atoms with Gasteiger partial charge in [0, 0.05) is 42.7 Å². The van der Waals surface area contributed by atoms with E-state index in [0.29, 0.717) is 17.3 Å². The SMILES string of the molecule is C=C[C@@H]1CC[C@H]2C(C)C(OC(C)=O)(c3nccs3)O[C@@H]3O[C@@]4(C)CC[C@@H]1[C@]32OO4. The zero-order chi connectivity index (χ0) is 20.4. The van der Waals surface area contributed by atoms with Crippen LogP contribution in [0.25, 0.3) is 0 Å². The van der Waals surface area contributed by atoms with Gasteiger partial charge in [0.15, 0.2) is 16.9 Å². The molecule has 0 aromatic carbocycles. The van der Waals surface area contributed by atoms with E-state index < -0.39 is 29.4 Å². The smallest absolute Gasteiger partial charge is 0.305 e. The van der Waals surface area contributed by atoms with E-state index in [1.807, 2.05) is 25.3 Å². The van der Waals surface area contributed by atoms with Gasteiger partial charge in [-0.15, -0.1) is 17.9 Å². The predicted octanol–water partition coefficient (Wildman–Crippen LogP) is 3.91. The maximum absolute atomic E-state index is 12.1. The molecular formula is C21H27NO6S. The maximum Gasteiger partial charge on any atom is 0.305 e. The molecule has 4 aliphatic heterocycles. The minimum Gasteiger partial charge on any atom is -0.426 e. The van der Waals surface area contributed by atoms with Gasteiger partial charge < -0.3 is 14.2 Å². The third-order valence-corrected chi connectivity index (χ3v) is 8.17. The number of aromatic nitrogens is 1. The van der Waals surface area contributed by atoms with Crippen molar-refractivity contribution in [1.29, 1.82) is 0 Å². The highest BCUT2D eigenvalue weighted by Crippen LogP contribution is 2.64. The molecule has 5 fully saturated rings. The summed E-state index contributed by atoms with van der Waals surface area (Å²) in [5.41, 5.74) is -0.770. The van der Waals surface area contributed by atoms with Gasteiger partial charge in [-0.2, -0.15) is 0 Å². The van der Waals surface area contributed by atoms with Gasteiger partial charge in [-0.25, -0.2) is 14.8 Å². The molecule has 0 radical (unpaired) electrons. The Morgan fingerprint density at radius 2 is 2.14 bits per heavy atom. The van der Waals surface area contributed by atoms with Crippen molar-refractivity contribution in [2.75, 3.05) is 0 Å². The molecule has 5 heterocycles. The Morgan fingerprint density at radius 1 is 1.31 bits per heavy atom. The number of hydrogen-bond donors (Lipinski definition) is 0. The lowest BCUT2D eigenvalue weighted by Crippen LogP contribution is -2.72. The molecule has 1 aliphatic carbocycles. The second kappa shape index (κ2) is 6.59. The molecule has 4 saturated heterocycles. The zero-order valence-corrected chi connectivity index (χ0v) is 17.8. The molecule has 1 aromatic heterocycles. The van der Waals surface area contributed by atoms with Crippen LogP contribution in [-0.4, -0.2) is 28.6 Å². The number of thiazole rings is 1. The Kier molecular flexibility index (Phi) is 4.46. The zero-order valence-electron chi connectivity index (χ0n) is 17.0. The lowest BCUT2D eigenvalue weighted by molar-refractivity contribution is -0.586. The number of fused-ring (bicyclic) bond motifs is 2. The highest BCUT2D eigenvalue weighted by molar-refractivity contribution is 7.09. The van der Waals surface area contributed by atoms with E-state index in [-0.39, 0.29) is 17.8 Å². The number of nitrogens with zero attached hydrogens (tertiary/aromatic N) is 1. The minimum absolute atomic E-state index is 0.00773. The topological polar surface area (TPSA) is 76.1 Å². The Labute approximate surface area is 174 Å². The number of allylic oxidation sites excluding steroid dienone is 1. The summed E-state index contributed by atoms with van der Waals surface area (Å²) in [6, 6.07) is 0. The van der Waals surface area contributed by atoms with Crippen molar-refractivity contribution in [3.8, 4) is 0 Å². The Balaban J connectivity index is 1.66. The van der Waals surface area contributed by atoms with Gasteiger partial charge in [0.25, 0.3) is 5.79 Å². The van der Waals surface area contributed by atoms with Gasteiger partial charge in [-0.1, -0.05) is 13.0 Å². The molecule has 1 spiro atoms. The van der Waals surface area contributed by atoms with Gasteiger partial charge in [0.1, 0.15) is 0 Å². The Morgan fingerprint density at radius 3 is 2.83 bits per heavy atom. The molecule has 29 heavy (non-hydrogen) atoms. The fourth-order valence-corrected chi connectivity index (χ4v) is 6.77. The summed E-state index contributed by atoms with van der Waals surface area (Å²) < 4.78 is 18.9. The van der Waals surface area contributed by atoms with Crippen LogP contribution in [0.5, 0.6) is 0 Å². The largest absolute Gasteiger partial charge is 0.426 e. The van der Waals surface area contributed by atoms with Crippen molar-refractivity contribution >= 4 is 17.3 Å². The van der Waals surface area contributed by atoms with E-state index >= 15 is 0 Å². The van der Waals surface area contributed by atoms with Crippen LogP contribution in [0, 0.1) is 23.7 Å². The first-order valence-electron chi connectivity index (χ1n) is 10.3. The van der Waals surface area contributed by atoms with E-state index in [4.69, 9.17) is 24.0 Å². The first-order chi connectivity index (χ1) is 13.8. The fourth-order valence-electron chi connectivity index (χ4n) is 5.96. The summed E-state index contributed by atoms with van der Waals surface area (Å²) in [5.74, 6) is -2.38. The van der Waals surface area contributed by atoms with Crippen molar-refractivity contribution in [3.05, 3.63) is 29.2 Å². The number of esters is 1. The van der Waals surface area contributed by atoms with E-state index in [1.54, 1.807) is 6.20 Å². The highest BCUT2D eigenvalue weighted by Gasteiger charge is 2.73. The predicted molar refractivity (Wildman–Crippen MR) is 103 cm³/mol. The van der Waals surface area contributed by atoms with E-state index in [0.717, 1.165) is 19.3 Å². The molecule has 1 saturated carbocycles. The molecule has 2 bridgehead atoms. The molecule has 1 aromatic rings. The first-order valence-corrected chi connectivity index (χ1v) is 11.2. The van der Waals surface area contributed by atoms with Crippen LogP contribution in [0.4, 0.5) is 0 Å². The molecule has 5 aliphatic rings. The molecule has 6 rings (SSSR count). The van der Waals surface area contributed by atoms with Gasteiger partial charge >= 0.3 is 5.97 Å². The second-order valence-corrected chi connectivity index (χ2v) is 9.73. The van der Waals surface area contributed by atoms with Gasteiger partial charge in [-0.05, 0) is 32.1 Å². The van der Waals surface area contributed by atoms with Crippen LogP contribution in [-0.2, 0) is 34.6 Å². The summed E-state index contributed by atoms with van der Waals surface area (Å²) in [4.78, 5) is 28.6. The summed E-state index contributed by atoms with van der Waals surface area (Å²) in [6.07, 6.45) is 6.44. The molecule has 7 nitrogen and oxygen atoms in total. The normalized spacial score (nSPS) is 48.4. The third-order valence-electron chi connectivity index (χ3n) is 7.30. The van der Waals surface area contributed by atoms with Crippen molar-refractivity contribution in [2.24, 2.45) is 23.7 Å². The molecule has 158 valence electrons. The van der Waals surface area contributed by atoms with E-state index in [2.05, 4.69) is 11.6 Å². The molecule has 2 unspecified atom stereocenters. The maximum atomic E-state index is 12.1. The Hall–Kier alpha value is -1.32. The van der Waals surface area contributed by atoms with Crippen LogP contribution >= 0.6 is 11.3 Å². The van der Waals surface area contributed by atoms with Crippen LogP contribution in [0.1, 0.15) is 51.5 Å². The Bertz CT molecular complexity index is 816. The van der Waals surface area contributed by atoms with Crippen LogP contribution in [0.2, 0.25) is 0 Å². The number of carbonyl (C=O) groups excluding carboxylic acids is 1. The number of rotatable bonds is 3. The quantitative estimate of drug-likeness (QED) is 0.416. The summed E-state index contributed by atoms with van der Waals surface area (Å²) in [6.45, 7) is 9.38. The lowest BCUT2D eigenvalue weighted by atomic mass is 9.56. The summed E-state index contributed by atoms with van der Waals surface area (Å²) in [7, 11) is 0. The molecule has 8 heteroatoms. The third kappa shape index (κ3) is 2.63. The lowest BCUT2D eigenvalue weighted by Gasteiger charge is -2.62. The van der Waals surface area contributed by atoms with Crippen molar-refractivity contribution in [2.45, 2.75) is 69.9 Å². The number of hydrogen-bond acceptors (Lipinski definition) is 8. The van der Waals surface area contributed by atoms with Crippen molar-refractivity contribution < 1.29 is 28.8 Å². The average Bonchev–Trinajstić information content (AvgIpc) is 3.14. The van der Waals surface area contributed by atoms with Crippen LogP contribution < -0.4 is 0 Å². The van der Waals surface area contributed by atoms with Gasteiger partial charge in [0.2, 0.25) is 5.79 Å². The fraction of sp³-hybridized carbons (Fsp3) is 0.714. The number of ether oxygens (including phenoxy) is 3. The summed E-state index contributed by atoms with van der Waals surface area (Å²) in [5, 5.41) is 2.48. The van der Waals surface area contributed by atoms with E-state index in [1.165, 1.54) is 18.3 Å². The second-order valence-electron chi connectivity index (χ2n) is 8.84. The highest BCUT2D eigenvalue weighted by atomic mass is 32.1. The average molecular weight is 422 g/mol. The first kappa shape index (κ1) is 19.6. The van der Waals surface area contributed by atoms with Gasteiger partial charge in [-0.3, -0.25) is 4.79 Å². The summed E-state index contributed by atoms with van der Waals surface area (Å²) >= 11 is 1.41. The molecular weight excluding hydrogens is 394 g/mol. The van der Waals surface area contributed by atoms with Crippen molar-refractivity contribution in [3.63, 3.8) is 0 Å². The van der Waals surface area contributed by atoms with E-state index in [9.17, 15) is 4.79 Å². The molecule has 0 amide bonds. The van der Waals surface area contributed by atoms with Crippen molar-refractivity contribution in [1.82, 2.24) is 4.98 Å². The van der Waals surface area contributed by atoms with Crippen LogP contribution in [0.15, 0.2) is 24.2 Å². The number of carbonyl (C=O) groups is 1.